The number of nitrogens with zero attached hydrogens (tertiary/aromatic N) is 3. The number of ether oxygens (including phenoxy) is 1. The molecule has 4 rings (SSSR count). The number of amides is 2. The molecule has 0 bridgehead atoms. The van der Waals surface area contributed by atoms with Gasteiger partial charge in [0.15, 0.2) is 0 Å². The Labute approximate surface area is 226 Å². The van der Waals surface area contributed by atoms with E-state index in [-0.39, 0.29) is 36.1 Å². The van der Waals surface area contributed by atoms with Crippen LogP contribution in [0.15, 0.2) is 41.3 Å². The summed E-state index contributed by atoms with van der Waals surface area (Å²) in [6.07, 6.45) is 1.77. The first-order chi connectivity index (χ1) is 18.4. The van der Waals surface area contributed by atoms with Crippen LogP contribution in [0.1, 0.15) is 61.4 Å². The van der Waals surface area contributed by atoms with Gasteiger partial charge in [-0.05, 0) is 58.7 Å². The van der Waals surface area contributed by atoms with Crippen LogP contribution in [0.3, 0.4) is 0 Å². The van der Waals surface area contributed by atoms with Crippen molar-refractivity contribution in [3.05, 3.63) is 80.9 Å². The lowest BCUT2D eigenvalue weighted by molar-refractivity contribution is -0.124. The van der Waals surface area contributed by atoms with E-state index in [1.807, 2.05) is 6.92 Å². The molecule has 0 spiro atoms. The largest absolute Gasteiger partial charge is 0.444 e. The summed E-state index contributed by atoms with van der Waals surface area (Å²) in [6, 6.07) is 7.47. The highest BCUT2D eigenvalue weighted by Gasteiger charge is 2.31. The van der Waals surface area contributed by atoms with Gasteiger partial charge in [-0.2, -0.15) is 0 Å². The Kier molecular flexibility index (Phi) is 7.98. The second kappa shape index (κ2) is 11.2. The van der Waals surface area contributed by atoms with E-state index in [2.05, 4.69) is 25.9 Å². The van der Waals surface area contributed by atoms with Gasteiger partial charge in [-0.25, -0.2) is 19.2 Å². The lowest BCUT2D eigenvalue weighted by Crippen LogP contribution is -2.36. The van der Waals surface area contributed by atoms with Crippen molar-refractivity contribution in [3.63, 3.8) is 0 Å². The summed E-state index contributed by atoms with van der Waals surface area (Å²) in [7, 11) is 0. The van der Waals surface area contributed by atoms with Gasteiger partial charge < -0.3 is 15.4 Å². The quantitative estimate of drug-likeness (QED) is 0.414. The normalized spacial score (nSPS) is 14.5. The smallest absolute Gasteiger partial charge is 0.413 e. The highest BCUT2D eigenvalue weighted by Crippen LogP contribution is 2.24. The fourth-order valence-electron chi connectivity index (χ4n) is 4.36. The van der Waals surface area contributed by atoms with Crippen molar-refractivity contribution >= 4 is 23.5 Å². The maximum atomic E-state index is 14.1. The molecule has 1 aliphatic heterocycles. The van der Waals surface area contributed by atoms with Gasteiger partial charge in [0.2, 0.25) is 5.91 Å². The zero-order valence-electron chi connectivity index (χ0n) is 22.7. The number of rotatable bonds is 7. The summed E-state index contributed by atoms with van der Waals surface area (Å²) < 4.78 is 20.8. The highest BCUT2D eigenvalue weighted by atomic mass is 19.1. The number of carbonyl (C=O) groups is 2. The van der Waals surface area contributed by atoms with Crippen LogP contribution in [-0.2, 0) is 29.0 Å². The third-order valence-electron chi connectivity index (χ3n) is 6.27. The summed E-state index contributed by atoms with van der Waals surface area (Å²) >= 11 is 0. The topological polar surface area (TPSA) is 127 Å². The number of pyridine rings is 1. The molecule has 0 aliphatic carbocycles. The molecule has 3 heterocycles. The maximum Gasteiger partial charge on any atom is 0.413 e. The lowest BCUT2D eigenvalue weighted by atomic mass is 10.1. The van der Waals surface area contributed by atoms with Crippen LogP contribution >= 0.6 is 0 Å². The molecule has 2 amide bonds. The summed E-state index contributed by atoms with van der Waals surface area (Å²) in [4.78, 5) is 47.1. The van der Waals surface area contributed by atoms with Crippen LogP contribution in [0.4, 0.5) is 20.7 Å². The van der Waals surface area contributed by atoms with Gasteiger partial charge in [0.25, 0.3) is 5.56 Å². The van der Waals surface area contributed by atoms with Crippen LogP contribution in [-0.4, -0.2) is 32.1 Å². The lowest BCUT2D eigenvalue weighted by Gasteiger charge is -2.19. The minimum absolute atomic E-state index is 0.117. The molecular weight excluding hydrogens is 503 g/mol. The molecule has 3 N–H and O–H groups in total. The van der Waals surface area contributed by atoms with Crippen molar-refractivity contribution in [2.45, 2.75) is 72.2 Å². The number of carbonyl (C=O) groups excluding carboxylic acids is 2. The molecule has 1 aliphatic rings. The van der Waals surface area contributed by atoms with E-state index in [1.54, 1.807) is 52.0 Å². The first kappa shape index (κ1) is 27.7. The molecule has 0 radical (unpaired) electrons. The van der Waals surface area contributed by atoms with E-state index < -0.39 is 17.7 Å². The van der Waals surface area contributed by atoms with Gasteiger partial charge in [-0.1, -0.05) is 23.8 Å². The Balaban J connectivity index is 1.40. The molecule has 1 aromatic carbocycles. The van der Waals surface area contributed by atoms with Crippen molar-refractivity contribution in [2.24, 2.45) is 0 Å². The molecule has 2 aromatic heterocycles. The van der Waals surface area contributed by atoms with Crippen LogP contribution in [0.5, 0.6) is 0 Å². The number of nitrogens with one attached hydrogen (secondary N) is 3. The Morgan fingerprint density at radius 3 is 2.62 bits per heavy atom. The van der Waals surface area contributed by atoms with Gasteiger partial charge in [0.1, 0.15) is 34.8 Å². The average Bonchev–Trinajstić information content (AvgIpc) is 3.29. The fraction of sp³-hybridized carbons (Fsp3) is 0.393. The third-order valence-corrected chi connectivity index (χ3v) is 6.27. The summed E-state index contributed by atoms with van der Waals surface area (Å²) in [5.41, 5.74) is 1.93. The highest BCUT2D eigenvalue weighted by molar-refractivity contribution is 5.83. The number of hydrogen-bond acceptors (Lipinski definition) is 7. The Hall–Kier alpha value is -4.28. The zero-order chi connectivity index (χ0) is 28.3. The van der Waals surface area contributed by atoms with Gasteiger partial charge >= 0.3 is 6.09 Å². The molecule has 0 saturated carbocycles. The van der Waals surface area contributed by atoms with E-state index in [9.17, 15) is 18.8 Å². The Morgan fingerprint density at radius 1 is 1.13 bits per heavy atom. The first-order valence-corrected chi connectivity index (χ1v) is 12.7. The number of hydrogen-bond donors (Lipinski definition) is 3. The SMILES string of the molecule is Cc1ccc(F)c(CNc2cnc3n(c2=O)[C@H](C(=O)NCc2ccc(NC(=O)OC(C)(C)C)nc2C)CC3)c1. The van der Waals surface area contributed by atoms with Crippen molar-refractivity contribution in [1.29, 1.82) is 0 Å². The second-order valence-electron chi connectivity index (χ2n) is 10.6. The molecule has 0 saturated heterocycles. The van der Waals surface area contributed by atoms with E-state index in [4.69, 9.17) is 4.74 Å². The number of benzene rings is 1. The van der Waals surface area contributed by atoms with Crippen LogP contribution < -0.4 is 21.5 Å². The molecule has 10 nitrogen and oxygen atoms in total. The molecule has 3 aromatic rings. The standard InChI is InChI=1S/C28H33FN6O4/c1-16-6-8-20(29)19(12-16)14-30-21-15-31-24-11-9-22(35(24)26(21)37)25(36)32-13-18-7-10-23(33-17(18)2)34-27(38)39-28(3,4)5/h6-8,10,12,15,22,30H,9,11,13-14H2,1-5H3,(H,32,36)(H,33,34,38)/t22-/m0/s1. The number of aromatic nitrogens is 3. The van der Waals surface area contributed by atoms with Crippen LogP contribution in [0, 0.1) is 19.7 Å². The number of anilines is 2. The third kappa shape index (κ3) is 6.78. The van der Waals surface area contributed by atoms with E-state index >= 15 is 0 Å². The fourth-order valence-corrected chi connectivity index (χ4v) is 4.36. The maximum absolute atomic E-state index is 14.1. The second-order valence-corrected chi connectivity index (χ2v) is 10.6. The summed E-state index contributed by atoms with van der Waals surface area (Å²) in [5, 5.41) is 8.45. The molecule has 1 atom stereocenters. The van der Waals surface area contributed by atoms with Crippen molar-refractivity contribution in [3.8, 4) is 0 Å². The number of halogens is 1. The van der Waals surface area contributed by atoms with Crippen molar-refractivity contribution in [2.75, 3.05) is 10.6 Å². The molecule has 0 fully saturated rings. The zero-order valence-corrected chi connectivity index (χ0v) is 22.7. The Morgan fingerprint density at radius 2 is 1.90 bits per heavy atom. The first-order valence-electron chi connectivity index (χ1n) is 12.7. The van der Waals surface area contributed by atoms with Crippen molar-refractivity contribution < 1.29 is 18.7 Å². The van der Waals surface area contributed by atoms with Crippen LogP contribution in [0.2, 0.25) is 0 Å². The van der Waals surface area contributed by atoms with Gasteiger partial charge in [-0.3, -0.25) is 19.5 Å². The van der Waals surface area contributed by atoms with Gasteiger partial charge in [0.05, 0.1) is 6.20 Å². The molecular formula is C28H33FN6O4. The van der Waals surface area contributed by atoms with Gasteiger partial charge in [-0.15, -0.1) is 0 Å². The molecule has 0 unspecified atom stereocenters. The summed E-state index contributed by atoms with van der Waals surface area (Å²) in [5.74, 6) is 0.195. The predicted molar refractivity (Wildman–Crippen MR) is 145 cm³/mol. The van der Waals surface area contributed by atoms with E-state index in [0.717, 1.165) is 11.1 Å². The predicted octanol–water partition coefficient (Wildman–Crippen LogP) is 4.16. The summed E-state index contributed by atoms with van der Waals surface area (Å²) in [6.45, 7) is 9.27. The van der Waals surface area contributed by atoms with Gasteiger partial charge in [0, 0.05) is 30.8 Å². The van der Waals surface area contributed by atoms with Crippen molar-refractivity contribution in [1.82, 2.24) is 19.9 Å². The minimum Gasteiger partial charge on any atom is -0.444 e. The van der Waals surface area contributed by atoms with E-state index in [1.165, 1.54) is 16.8 Å². The van der Waals surface area contributed by atoms with Crippen LogP contribution in [0.25, 0.3) is 0 Å². The molecule has 206 valence electrons. The average molecular weight is 537 g/mol. The monoisotopic (exact) mass is 536 g/mol. The number of aryl methyl sites for hydroxylation is 3. The minimum atomic E-state index is -0.709. The molecule has 11 heteroatoms. The molecule has 39 heavy (non-hydrogen) atoms. The Bertz CT molecular complexity index is 1460. The van der Waals surface area contributed by atoms with E-state index in [0.29, 0.717) is 35.7 Å². The number of fused-ring (bicyclic) bond motifs is 1.